The third-order valence-electron chi connectivity index (χ3n) is 6.08. The molecule has 1 spiro atoms. The van der Waals surface area contributed by atoms with Crippen LogP contribution in [0.3, 0.4) is 0 Å². The predicted octanol–water partition coefficient (Wildman–Crippen LogP) is 0.250. The van der Waals surface area contributed by atoms with Gasteiger partial charge in [-0.3, -0.25) is 19.0 Å². The van der Waals surface area contributed by atoms with Crippen LogP contribution in [0.2, 0.25) is 0 Å². The smallest absolute Gasteiger partial charge is 0.277 e. The monoisotopic (exact) mass is 380 g/mol. The van der Waals surface area contributed by atoms with E-state index < -0.39 is 5.66 Å². The number of hydrogen-bond acceptors (Lipinski definition) is 6. The van der Waals surface area contributed by atoms with Gasteiger partial charge in [0.15, 0.2) is 5.43 Å². The van der Waals surface area contributed by atoms with Gasteiger partial charge in [-0.25, -0.2) is 4.98 Å². The molecule has 0 bridgehead atoms. The summed E-state index contributed by atoms with van der Waals surface area (Å²) in [5.74, 6) is -0.0555. The third kappa shape index (κ3) is 2.04. The lowest BCUT2D eigenvalue weighted by Gasteiger charge is -2.38. The number of likely N-dealkylation sites (tertiary alicyclic amines) is 1. The zero-order valence-electron chi connectivity index (χ0n) is 15.6. The van der Waals surface area contributed by atoms with Crippen LogP contribution in [0.15, 0.2) is 21.9 Å². The summed E-state index contributed by atoms with van der Waals surface area (Å²) in [7, 11) is 2.01. The van der Waals surface area contributed by atoms with Crippen molar-refractivity contribution in [3.63, 3.8) is 0 Å². The van der Waals surface area contributed by atoms with Crippen molar-refractivity contribution in [2.75, 3.05) is 25.9 Å². The van der Waals surface area contributed by atoms with Crippen molar-refractivity contribution >= 4 is 33.5 Å². The Balaban J connectivity index is 1.92. The van der Waals surface area contributed by atoms with Gasteiger partial charge in [-0.1, -0.05) is 0 Å². The van der Waals surface area contributed by atoms with Crippen molar-refractivity contribution in [2.45, 2.75) is 25.4 Å². The number of carbonyl (C=O) groups excluding carboxylic acids is 1. The van der Waals surface area contributed by atoms with E-state index in [1.807, 2.05) is 7.05 Å². The molecule has 144 valence electrons. The summed E-state index contributed by atoms with van der Waals surface area (Å²) >= 11 is 0. The van der Waals surface area contributed by atoms with Gasteiger partial charge in [0, 0.05) is 38.2 Å². The lowest BCUT2D eigenvalue weighted by molar-refractivity contribution is 0.0799. The second-order valence-electron chi connectivity index (χ2n) is 7.76. The molecule has 1 fully saturated rings. The number of rotatable bonds is 0. The highest BCUT2D eigenvalue weighted by Crippen LogP contribution is 2.34. The van der Waals surface area contributed by atoms with Crippen molar-refractivity contribution in [1.29, 1.82) is 0 Å². The fourth-order valence-electron chi connectivity index (χ4n) is 4.56. The number of anilines is 1. The van der Waals surface area contributed by atoms with Crippen LogP contribution < -0.4 is 22.0 Å². The number of carbonyl (C=O) groups is 1. The largest absolute Gasteiger partial charge is 0.384 e. The molecular weight excluding hydrogens is 360 g/mol. The predicted molar refractivity (Wildman–Crippen MR) is 105 cm³/mol. The molecule has 3 aromatic heterocycles. The molecule has 2 aliphatic rings. The minimum absolute atomic E-state index is 0.194. The Bertz CT molecular complexity index is 1300. The molecule has 0 aliphatic carbocycles. The molecule has 2 aliphatic heterocycles. The van der Waals surface area contributed by atoms with Crippen LogP contribution in [0, 0.1) is 6.92 Å². The number of aromatic nitrogens is 3. The molecule has 28 heavy (non-hydrogen) atoms. The molecule has 4 N–H and O–H groups in total. The maximum Gasteiger partial charge on any atom is 0.277 e. The zero-order chi connectivity index (χ0) is 19.8. The number of amides is 1. The van der Waals surface area contributed by atoms with Crippen LogP contribution in [0.5, 0.6) is 0 Å². The van der Waals surface area contributed by atoms with E-state index in [0.717, 1.165) is 13.1 Å². The van der Waals surface area contributed by atoms with Gasteiger partial charge < -0.3 is 20.9 Å². The van der Waals surface area contributed by atoms with Crippen LogP contribution in [0.25, 0.3) is 21.8 Å². The Morgan fingerprint density at radius 3 is 2.64 bits per heavy atom. The number of nitrogens with zero attached hydrogens (tertiary/aromatic N) is 3. The standard InChI is InChI=1S/C19H20N6O3/c1-9-13-14(22-11-7-12(20)21-8-10(11)16(13)26)18(28)25-15(9)17(27)23-19(25)3-5-24(2)6-4-19/h7-8H,3-6H2,1-2H3,(H2,20,21)(H,22,26)(H,23,27). The maximum absolute atomic E-state index is 13.5. The number of nitrogen functional groups attached to an aromatic ring is 1. The van der Waals surface area contributed by atoms with Crippen molar-refractivity contribution in [3.05, 3.63) is 44.1 Å². The van der Waals surface area contributed by atoms with E-state index >= 15 is 0 Å². The van der Waals surface area contributed by atoms with Gasteiger partial charge in [0.1, 0.15) is 22.7 Å². The molecule has 9 heteroatoms. The Morgan fingerprint density at radius 1 is 1.21 bits per heavy atom. The Hall–Kier alpha value is -3.20. The summed E-state index contributed by atoms with van der Waals surface area (Å²) in [5, 5.41) is 3.60. The number of aryl methyl sites for hydroxylation is 1. The maximum atomic E-state index is 13.5. The summed E-state index contributed by atoms with van der Waals surface area (Å²) in [4.78, 5) is 48.6. The van der Waals surface area contributed by atoms with Gasteiger partial charge in [0.2, 0.25) is 0 Å². The number of aromatic amines is 1. The Morgan fingerprint density at radius 2 is 1.93 bits per heavy atom. The molecule has 0 radical (unpaired) electrons. The summed E-state index contributed by atoms with van der Waals surface area (Å²) in [5.41, 5.74) is 5.72. The molecule has 9 nitrogen and oxygen atoms in total. The number of fused-ring (bicyclic) bond motifs is 4. The number of hydrogen-bond donors (Lipinski definition) is 3. The molecule has 0 aromatic carbocycles. The molecule has 1 saturated heterocycles. The summed E-state index contributed by atoms with van der Waals surface area (Å²) < 4.78 is 1.56. The highest BCUT2D eigenvalue weighted by atomic mass is 16.2. The van der Waals surface area contributed by atoms with Gasteiger partial charge in [0.25, 0.3) is 11.5 Å². The van der Waals surface area contributed by atoms with Crippen molar-refractivity contribution in [3.8, 4) is 0 Å². The second-order valence-corrected chi connectivity index (χ2v) is 7.76. The summed E-state index contributed by atoms with van der Waals surface area (Å²) in [6.07, 6.45) is 2.65. The van der Waals surface area contributed by atoms with Crippen molar-refractivity contribution in [2.24, 2.45) is 0 Å². The fraction of sp³-hybridized carbons (Fsp3) is 0.368. The van der Waals surface area contributed by atoms with E-state index in [-0.39, 0.29) is 39.3 Å². The van der Waals surface area contributed by atoms with E-state index in [2.05, 4.69) is 20.2 Å². The third-order valence-corrected chi connectivity index (χ3v) is 6.08. The van der Waals surface area contributed by atoms with Gasteiger partial charge in [0.05, 0.1) is 16.3 Å². The number of pyridine rings is 3. The first-order chi connectivity index (χ1) is 13.3. The topological polar surface area (TPSA) is 126 Å². The van der Waals surface area contributed by atoms with E-state index in [1.165, 1.54) is 12.3 Å². The molecule has 0 unspecified atom stereocenters. The highest BCUT2D eigenvalue weighted by molar-refractivity contribution is 6.03. The molecular formula is C19H20N6O3. The van der Waals surface area contributed by atoms with Crippen molar-refractivity contribution in [1.82, 2.24) is 24.8 Å². The second kappa shape index (κ2) is 5.41. The number of piperidine rings is 1. The van der Waals surface area contributed by atoms with E-state index in [9.17, 15) is 14.4 Å². The number of nitrogens with one attached hydrogen (secondary N) is 2. The van der Waals surface area contributed by atoms with Gasteiger partial charge in [-0.2, -0.15) is 0 Å². The van der Waals surface area contributed by atoms with Gasteiger partial charge >= 0.3 is 0 Å². The normalized spacial score (nSPS) is 18.7. The summed E-state index contributed by atoms with van der Waals surface area (Å²) in [6, 6.07) is 1.54. The first-order valence-corrected chi connectivity index (χ1v) is 9.21. The van der Waals surface area contributed by atoms with Crippen LogP contribution in [0.1, 0.15) is 28.9 Å². The molecule has 5 rings (SSSR count). The average molecular weight is 380 g/mol. The van der Waals surface area contributed by atoms with Gasteiger partial charge in [-0.15, -0.1) is 0 Å². The van der Waals surface area contributed by atoms with E-state index in [1.54, 1.807) is 11.5 Å². The van der Waals surface area contributed by atoms with Crippen molar-refractivity contribution < 1.29 is 4.79 Å². The fourth-order valence-corrected chi connectivity index (χ4v) is 4.56. The summed E-state index contributed by atoms with van der Waals surface area (Å²) in [6.45, 7) is 3.24. The zero-order valence-corrected chi connectivity index (χ0v) is 15.6. The minimum atomic E-state index is -0.752. The SMILES string of the molecule is Cc1c2n(c(=O)c3[nH]c4cc(N)ncc4c(=O)c13)C1(CCN(C)CC1)NC2=O. The van der Waals surface area contributed by atoms with E-state index in [0.29, 0.717) is 29.3 Å². The minimum Gasteiger partial charge on any atom is -0.384 e. The first-order valence-electron chi connectivity index (χ1n) is 9.21. The van der Waals surface area contributed by atoms with Crippen LogP contribution >= 0.6 is 0 Å². The Labute approximate surface area is 159 Å². The molecule has 3 aromatic rings. The lowest BCUT2D eigenvalue weighted by atomic mass is 9.97. The highest BCUT2D eigenvalue weighted by Gasteiger charge is 2.46. The van der Waals surface area contributed by atoms with Crippen LogP contribution in [0.4, 0.5) is 5.82 Å². The first kappa shape index (κ1) is 16.9. The number of H-pyrrole nitrogens is 1. The van der Waals surface area contributed by atoms with Crippen LogP contribution in [-0.2, 0) is 5.66 Å². The molecule has 1 amide bonds. The average Bonchev–Trinajstić information content (AvgIpc) is 2.94. The lowest BCUT2D eigenvalue weighted by Crippen LogP contribution is -2.53. The molecule has 0 saturated carbocycles. The number of nitrogens with two attached hydrogens (primary N) is 1. The Kier molecular flexibility index (Phi) is 3.28. The quantitative estimate of drug-likeness (QED) is 0.480. The van der Waals surface area contributed by atoms with E-state index in [4.69, 9.17) is 5.73 Å². The van der Waals surface area contributed by atoms with Gasteiger partial charge in [-0.05, 0) is 19.5 Å². The van der Waals surface area contributed by atoms with Crippen LogP contribution in [-0.4, -0.2) is 45.5 Å². The molecule has 5 heterocycles. The molecule has 0 atom stereocenters.